The first-order valence-corrected chi connectivity index (χ1v) is 9.75. The molecule has 0 fully saturated rings. The number of rotatable bonds is 7. The molecule has 2 heterocycles. The van der Waals surface area contributed by atoms with Crippen LogP contribution < -0.4 is 14.8 Å². The van der Waals surface area contributed by atoms with Crippen LogP contribution in [0.3, 0.4) is 0 Å². The van der Waals surface area contributed by atoms with Crippen molar-refractivity contribution in [3.8, 4) is 22.9 Å². The zero-order chi connectivity index (χ0) is 21.0. The number of nitrogens with one attached hydrogen (secondary N) is 1. The lowest BCUT2D eigenvalue weighted by molar-refractivity contribution is -0.135. The van der Waals surface area contributed by atoms with Gasteiger partial charge < -0.3 is 19.5 Å². The van der Waals surface area contributed by atoms with E-state index < -0.39 is 5.54 Å². The molecule has 1 aliphatic heterocycles. The summed E-state index contributed by atoms with van der Waals surface area (Å²) in [4.78, 5) is 13.2. The Labute approximate surface area is 174 Å². The molecule has 0 saturated heterocycles. The van der Waals surface area contributed by atoms with E-state index in [0.717, 1.165) is 5.56 Å². The van der Waals surface area contributed by atoms with Gasteiger partial charge in [-0.2, -0.15) is 0 Å². The normalized spacial score (nSPS) is 17.8. The van der Waals surface area contributed by atoms with E-state index in [1.807, 2.05) is 66.1 Å². The minimum absolute atomic E-state index is 0.177. The van der Waals surface area contributed by atoms with E-state index >= 15 is 0 Å². The van der Waals surface area contributed by atoms with Crippen LogP contribution >= 0.6 is 0 Å². The lowest BCUT2D eigenvalue weighted by Crippen LogP contribution is -2.53. The standard InChI is InChI=1S/C22H24N4O4/c1-22(21(27)23-12-13-30-18-11-7-6-10-17(18)28-2)15-29-14-19-24-25-20(26(19)22)16-8-4-3-5-9-16/h3-11H,12-15H2,1-2H3,(H,23,27). The number of nitrogens with zero attached hydrogens (tertiary/aromatic N) is 3. The van der Waals surface area contributed by atoms with E-state index in [0.29, 0.717) is 42.9 Å². The molecule has 1 amide bonds. The number of fused-ring (bicyclic) bond motifs is 1. The number of carbonyl (C=O) groups is 1. The van der Waals surface area contributed by atoms with Crippen LogP contribution in [0.15, 0.2) is 54.6 Å². The Morgan fingerprint density at radius 2 is 1.87 bits per heavy atom. The fraction of sp³-hybridized carbons (Fsp3) is 0.318. The van der Waals surface area contributed by atoms with Crippen molar-refractivity contribution in [3.05, 3.63) is 60.4 Å². The van der Waals surface area contributed by atoms with Gasteiger partial charge in [-0.25, -0.2) is 0 Å². The average molecular weight is 408 g/mol. The molecule has 0 spiro atoms. The fourth-order valence-electron chi connectivity index (χ4n) is 3.53. The topological polar surface area (TPSA) is 87.5 Å². The van der Waals surface area contributed by atoms with E-state index in [1.54, 1.807) is 7.11 Å². The van der Waals surface area contributed by atoms with E-state index in [4.69, 9.17) is 14.2 Å². The van der Waals surface area contributed by atoms with Crippen molar-refractivity contribution in [1.82, 2.24) is 20.1 Å². The molecule has 30 heavy (non-hydrogen) atoms. The zero-order valence-corrected chi connectivity index (χ0v) is 17.0. The summed E-state index contributed by atoms with van der Waals surface area (Å²) < 4.78 is 18.6. The summed E-state index contributed by atoms with van der Waals surface area (Å²) in [5, 5.41) is 11.5. The summed E-state index contributed by atoms with van der Waals surface area (Å²) in [6.45, 7) is 3.03. The second-order valence-electron chi connectivity index (χ2n) is 7.16. The van der Waals surface area contributed by atoms with Gasteiger partial charge in [0, 0.05) is 5.56 Å². The summed E-state index contributed by atoms with van der Waals surface area (Å²) in [6, 6.07) is 17.1. The molecule has 1 aromatic heterocycles. The number of carbonyl (C=O) groups excluding carboxylic acids is 1. The fourth-order valence-corrected chi connectivity index (χ4v) is 3.53. The number of methoxy groups -OCH3 is 1. The van der Waals surface area contributed by atoms with Gasteiger partial charge in [0.1, 0.15) is 18.8 Å². The number of hydrogen-bond acceptors (Lipinski definition) is 6. The highest BCUT2D eigenvalue weighted by Gasteiger charge is 2.42. The van der Waals surface area contributed by atoms with Crippen molar-refractivity contribution in [1.29, 1.82) is 0 Å². The van der Waals surface area contributed by atoms with Crippen molar-refractivity contribution < 1.29 is 19.0 Å². The van der Waals surface area contributed by atoms with Crippen LogP contribution in [0.5, 0.6) is 11.5 Å². The van der Waals surface area contributed by atoms with Gasteiger partial charge in [0.2, 0.25) is 5.91 Å². The highest BCUT2D eigenvalue weighted by atomic mass is 16.5. The molecule has 0 radical (unpaired) electrons. The Bertz CT molecular complexity index is 1020. The Morgan fingerprint density at radius 3 is 2.63 bits per heavy atom. The van der Waals surface area contributed by atoms with Gasteiger partial charge in [-0.3, -0.25) is 9.36 Å². The summed E-state index contributed by atoms with van der Waals surface area (Å²) in [5.41, 5.74) is -0.0659. The van der Waals surface area contributed by atoms with Crippen LogP contribution in [-0.2, 0) is 21.7 Å². The van der Waals surface area contributed by atoms with Crippen molar-refractivity contribution in [3.63, 3.8) is 0 Å². The maximum absolute atomic E-state index is 13.2. The van der Waals surface area contributed by atoms with Crippen molar-refractivity contribution >= 4 is 5.91 Å². The second kappa shape index (κ2) is 8.54. The molecule has 0 bridgehead atoms. The molecule has 1 N–H and O–H groups in total. The number of ether oxygens (including phenoxy) is 3. The van der Waals surface area contributed by atoms with Crippen LogP contribution in [0.2, 0.25) is 0 Å². The highest BCUT2D eigenvalue weighted by molar-refractivity contribution is 5.85. The highest BCUT2D eigenvalue weighted by Crippen LogP contribution is 2.31. The predicted molar refractivity (Wildman–Crippen MR) is 110 cm³/mol. The molecule has 1 unspecified atom stereocenters. The van der Waals surface area contributed by atoms with Gasteiger partial charge in [-0.05, 0) is 19.1 Å². The van der Waals surface area contributed by atoms with Gasteiger partial charge in [0.15, 0.2) is 23.1 Å². The Hall–Kier alpha value is -3.39. The molecule has 4 rings (SSSR count). The number of benzene rings is 2. The van der Waals surface area contributed by atoms with Crippen LogP contribution in [0.1, 0.15) is 12.7 Å². The summed E-state index contributed by atoms with van der Waals surface area (Å²) in [5.74, 6) is 2.39. The Kier molecular flexibility index (Phi) is 5.67. The van der Waals surface area contributed by atoms with E-state index in [9.17, 15) is 4.79 Å². The second-order valence-corrected chi connectivity index (χ2v) is 7.16. The summed E-state index contributed by atoms with van der Waals surface area (Å²) in [6.07, 6.45) is 0. The van der Waals surface area contributed by atoms with Gasteiger partial charge in [-0.1, -0.05) is 42.5 Å². The van der Waals surface area contributed by atoms with Crippen LogP contribution in [0.25, 0.3) is 11.4 Å². The molecular weight excluding hydrogens is 384 g/mol. The molecule has 0 aliphatic carbocycles. The van der Waals surface area contributed by atoms with E-state index in [1.165, 1.54) is 0 Å². The SMILES string of the molecule is COc1ccccc1OCCNC(=O)C1(C)COCc2nnc(-c3ccccc3)n21. The van der Waals surface area contributed by atoms with Gasteiger partial charge in [0.05, 0.1) is 20.3 Å². The maximum atomic E-state index is 13.2. The molecule has 2 aromatic carbocycles. The first-order chi connectivity index (χ1) is 14.6. The van der Waals surface area contributed by atoms with Crippen LogP contribution in [0.4, 0.5) is 0 Å². The minimum Gasteiger partial charge on any atom is -0.493 e. The average Bonchev–Trinajstić information content (AvgIpc) is 3.23. The number of aromatic nitrogens is 3. The number of amides is 1. The van der Waals surface area contributed by atoms with Crippen LogP contribution in [-0.4, -0.2) is 47.5 Å². The summed E-state index contributed by atoms with van der Waals surface area (Å²) in [7, 11) is 1.59. The van der Waals surface area contributed by atoms with Gasteiger partial charge >= 0.3 is 0 Å². The van der Waals surface area contributed by atoms with E-state index in [-0.39, 0.29) is 12.5 Å². The Balaban J connectivity index is 1.47. The third kappa shape index (κ3) is 3.73. The lowest BCUT2D eigenvalue weighted by atomic mass is 9.99. The smallest absolute Gasteiger partial charge is 0.248 e. The van der Waals surface area contributed by atoms with Gasteiger partial charge in [0.25, 0.3) is 0 Å². The van der Waals surface area contributed by atoms with Crippen molar-refractivity contribution in [2.45, 2.75) is 19.1 Å². The summed E-state index contributed by atoms with van der Waals surface area (Å²) >= 11 is 0. The largest absolute Gasteiger partial charge is 0.493 e. The maximum Gasteiger partial charge on any atom is 0.248 e. The van der Waals surface area contributed by atoms with Crippen LogP contribution in [0, 0.1) is 0 Å². The zero-order valence-electron chi connectivity index (χ0n) is 17.0. The van der Waals surface area contributed by atoms with E-state index in [2.05, 4.69) is 15.5 Å². The molecule has 1 atom stereocenters. The van der Waals surface area contributed by atoms with Crippen molar-refractivity contribution in [2.75, 3.05) is 26.9 Å². The molecular formula is C22H24N4O4. The molecule has 8 heteroatoms. The lowest BCUT2D eigenvalue weighted by Gasteiger charge is -2.35. The minimum atomic E-state index is -0.966. The molecule has 1 aliphatic rings. The predicted octanol–water partition coefficient (Wildman–Crippen LogP) is 2.39. The molecule has 3 aromatic rings. The quantitative estimate of drug-likeness (QED) is 0.604. The molecule has 8 nitrogen and oxygen atoms in total. The first-order valence-electron chi connectivity index (χ1n) is 9.75. The Morgan fingerprint density at radius 1 is 1.13 bits per heavy atom. The molecule has 0 saturated carbocycles. The van der Waals surface area contributed by atoms with Gasteiger partial charge in [-0.15, -0.1) is 10.2 Å². The number of hydrogen-bond donors (Lipinski definition) is 1. The first kappa shape index (κ1) is 19.9. The monoisotopic (exact) mass is 408 g/mol. The molecule has 156 valence electrons. The van der Waals surface area contributed by atoms with Crippen molar-refractivity contribution in [2.24, 2.45) is 0 Å². The third-order valence-corrected chi connectivity index (χ3v) is 5.07. The third-order valence-electron chi connectivity index (χ3n) is 5.07. The number of para-hydroxylation sites is 2.